The van der Waals surface area contributed by atoms with Crippen LogP contribution in [0.1, 0.15) is 90.0 Å². The van der Waals surface area contributed by atoms with Gasteiger partial charge in [-0.05, 0) is 57.7 Å². The molecule has 0 aromatic heterocycles. The Morgan fingerprint density at radius 1 is 0.723 bits per heavy atom. The van der Waals surface area contributed by atoms with Gasteiger partial charge in [0.15, 0.2) is 18.1 Å². The van der Waals surface area contributed by atoms with Gasteiger partial charge in [-0.3, -0.25) is 48.1 Å². The van der Waals surface area contributed by atoms with Crippen LogP contribution >= 0.6 is 11.6 Å². The first kappa shape index (κ1) is 71.6. The summed E-state index contributed by atoms with van der Waals surface area (Å²) < 4.78 is 5.26. The average molecular weight is 1200 g/mol. The van der Waals surface area contributed by atoms with Crippen molar-refractivity contribution in [1.82, 2.24) is 47.9 Å². The number of carboxylic acids is 1. The van der Waals surface area contributed by atoms with Gasteiger partial charge in [0.1, 0.15) is 54.6 Å². The van der Waals surface area contributed by atoms with E-state index >= 15 is 0 Å². The predicted octanol–water partition coefficient (Wildman–Crippen LogP) is -6.42. The number of amides is 9. The van der Waals surface area contributed by atoms with Crippen LogP contribution in [0, 0.1) is 0 Å². The highest BCUT2D eigenvalue weighted by molar-refractivity contribution is 6.18. The zero-order valence-electron chi connectivity index (χ0n) is 46.3. The number of hydrogen-bond acceptors (Lipinski definition) is 19. The summed E-state index contributed by atoms with van der Waals surface area (Å²) in [6, 6.07) is -6.93. The van der Waals surface area contributed by atoms with Crippen molar-refractivity contribution in [2.75, 3.05) is 38.7 Å². The average Bonchev–Trinajstić information content (AvgIpc) is 3.52. The number of unbranched alkanes of at least 4 members (excludes halogenated alkanes) is 4. The topological polar surface area (TPSA) is 523 Å². The number of esters is 1. The number of carboxylic acid groups (broad SMARTS) is 1. The van der Waals surface area contributed by atoms with Crippen LogP contribution in [0.3, 0.4) is 0 Å². The fraction of sp³-hybridized carbons (Fsp3) is 0.608. The van der Waals surface area contributed by atoms with Crippen LogP contribution in [0.2, 0.25) is 0 Å². The first-order chi connectivity index (χ1) is 39.4. The van der Waals surface area contributed by atoms with Gasteiger partial charge in [0.05, 0.1) is 31.1 Å². The number of allylic oxidation sites excluding steroid dienone is 1. The molecule has 2 rings (SSSR count). The number of guanidine groups is 1. The third-order valence-electron chi connectivity index (χ3n) is 12.6. The molecule has 0 radical (unpaired) electrons. The largest absolute Gasteiger partial charge is 0.479 e. The van der Waals surface area contributed by atoms with Crippen LogP contribution in [-0.2, 0) is 63.9 Å². The van der Waals surface area contributed by atoms with Gasteiger partial charge in [-0.25, -0.2) is 9.59 Å². The van der Waals surface area contributed by atoms with Gasteiger partial charge in [-0.2, -0.15) is 0 Å². The molecular formula is C51H81ClN14O17. The van der Waals surface area contributed by atoms with Crippen LogP contribution in [0.5, 0.6) is 0 Å². The Bertz CT molecular complexity index is 2400. The van der Waals surface area contributed by atoms with E-state index in [9.17, 15) is 78.3 Å². The Kier molecular flexibility index (Phi) is 33.0. The second-order valence-electron chi connectivity index (χ2n) is 19.2. The Labute approximate surface area is 484 Å². The van der Waals surface area contributed by atoms with E-state index in [2.05, 4.69) is 42.2 Å². The van der Waals surface area contributed by atoms with Crippen molar-refractivity contribution in [3.63, 3.8) is 0 Å². The number of carbonyl (C=O) groups excluding carboxylic acids is 10. The molecule has 0 saturated carbocycles. The molecule has 0 bridgehead atoms. The van der Waals surface area contributed by atoms with Crippen LogP contribution < -0.4 is 70.8 Å². The number of hydrogen-bond donors (Lipinski definition) is 18. The first-order valence-corrected chi connectivity index (χ1v) is 27.5. The standard InChI is InChI=1S/C51H81ClN14O17/c1-3-5-6-7-11-15-28(68)23-37(70)58-35-26-83-50(82)38(36(69)24-52)65-48(79)39(40(71)49(80)81)66-41(72)29(4-2)59-45(76)33(22-27-13-9-8-10-14-27)63-42(73)30(16-12-21-57-51(55)56)60-43(74)31(17-19-53)61-44(75)32(18-20-54)62-46(77)34(25-67)64-47(35)78/h4,8-10,13-14,28,30-36,38-40,67-69,71H,3,5-7,11-12,15-26,53-54H2,1-2H3,(H,58,70)(H,59,76)(H,60,74)(H,61,75)(H,62,77)(H,63,73)(H,64,78)(H,65,79)(H,66,72)(H,80,81)(H4,55,56,57)/b29-4-/t28-,30+,31-,32+,33+,34-,35+,36-,38+,39+,40+/m1/s1. The molecule has 0 spiro atoms. The highest BCUT2D eigenvalue weighted by atomic mass is 35.5. The van der Waals surface area contributed by atoms with Gasteiger partial charge < -0.3 is 101 Å². The van der Waals surface area contributed by atoms with E-state index in [0.29, 0.717) is 12.0 Å². The third kappa shape index (κ3) is 25.6. The number of aliphatic imine (C=N–C) groups is 1. The fourth-order valence-corrected chi connectivity index (χ4v) is 8.20. The van der Waals surface area contributed by atoms with Crippen molar-refractivity contribution in [3.8, 4) is 0 Å². The molecule has 0 aliphatic carbocycles. The van der Waals surface area contributed by atoms with E-state index in [1.807, 2.05) is 17.6 Å². The number of alkyl halides is 1. The van der Waals surface area contributed by atoms with Gasteiger partial charge >= 0.3 is 11.9 Å². The number of nitrogens with zero attached hydrogens (tertiary/aromatic N) is 1. The SMILES string of the molecule is C/C=C1\NC(=O)[C@H](Cc2ccccc2)NC(=O)[C@H](CCCN=C(N)N)NC(=O)[C@@H](CCN)NC(=O)[C@H](CCN)NC(=O)[C@@H](CO)NC(=O)[C@@H](NC(=O)C[C@H](O)CCCCCCC)COC(=O)[C@H]([C@H](O)CCl)NC(=O)[C@H]([C@H](O)C(=O)O)NC1=O. The van der Waals surface area contributed by atoms with E-state index in [0.717, 1.165) is 31.8 Å². The summed E-state index contributed by atoms with van der Waals surface area (Å²) in [5.74, 6) is -15.6. The number of rotatable bonds is 24. The maximum Gasteiger partial charge on any atom is 0.335 e. The molecule has 1 aliphatic heterocycles. The molecule has 464 valence electrons. The zero-order valence-corrected chi connectivity index (χ0v) is 47.1. The van der Waals surface area contributed by atoms with Crippen molar-refractivity contribution < 1.29 is 83.0 Å². The molecule has 1 heterocycles. The van der Waals surface area contributed by atoms with Gasteiger partial charge in [0.2, 0.25) is 47.3 Å². The predicted molar refractivity (Wildman–Crippen MR) is 297 cm³/mol. The van der Waals surface area contributed by atoms with Crippen LogP contribution in [0.25, 0.3) is 0 Å². The number of nitrogens with two attached hydrogens (primary N) is 4. The normalized spacial score (nSPS) is 24.0. The summed E-state index contributed by atoms with van der Waals surface area (Å²) in [6.45, 7) is 0.347. The molecule has 1 aliphatic rings. The van der Waals surface area contributed by atoms with Gasteiger partial charge in [0, 0.05) is 13.0 Å². The minimum atomic E-state index is -2.81. The Hall–Kier alpha value is -7.55. The molecule has 1 saturated heterocycles. The molecule has 31 nitrogen and oxygen atoms in total. The van der Waals surface area contributed by atoms with E-state index in [4.69, 9.17) is 39.3 Å². The summed E-state index contributed by atoms with van der Waals surface area (Å²) >= 11 is 5.87. The lowest BCUT2D eigenvalue weighted by molar-refractivity contribution is -0.155. The van der Waals surface area contributed by atoms with Gasteiger partial charge in [-0.15, -0.1) is 11.6 Å². The number of benzene rings is 1. The summed E-state index contributed by atoms with van der Waals surface area (Å²) in [5, 5.41) is 72.9. The number of cyclic esters (lactones) is 1. The van der Waals surface area contributed by atoms with Crippen molar-refractivity contribution in [3.05, 3.63) is 47.7 Å². The number of aliphatic carboxylic acids is 1. The molecule has 9 amide bonds. The summed E-state index contributed by atoms with van der Waals surface area (Å²) in [6.07, 6.45) is -2.48. The van der Waals surface area contributed by atoms with E-state index in [-0.39, 0.29) is 64.1 Å². The van der Waals surface area contributed by atoms with Gasteiger partial charge in [0.25, 0.3) is 5.91 Å². The van der Waals surface area contributed by atoms with Crippen molar-refractivity contribution in [2.45, 2.75) is 158 Å². The van der Waals surface area contributed by atoms with Crippen LogP contribution in [0.4, 0.5) is 0 Å². The van der Waals surface area contributed by atoms with Crippen molar-refractivity contribution >= 4 is 82.7 Å². The molecule has 11 atom stereocenters. The van der Waals surface area contributed by atoms with Crippen molar-refractivity contribution in [2.24, 2.45) is 27.9 Å². The monoisotopic (exact) mass is 1200 g/mol. The van der Waals surface area contributed by atoms with E-state index in [1.165, 1.54) is 6.92 Å². The fourth-order valence-electron chi connectivity index (χ4n) is 8.02. The number of aliphatic hydroxyl groups is 4. The summed E-state index contributed by atoms with van der Waals surface area (Å²) in [4.78, 5) is 155. The molecule has 22 N–H and O–H groups in total. The molecule has 0 unspecified atom stereocenters. The second kappa shape index (κ2) is 38.3. The lowest BCUT2D eigenvalue weighted by Crippen LogP contribution is -2.62. The first-order valence-electron chi connectivity index (χ1n) is 26.9. The molecule has 32 heteroatoms. The highest BCUT2D eigenvalue weighted by Gasteiger charge is 2.40. The summed E-state index contributed by atoms with van der Waals surface area (Å²) in [7, 11) is 0. The molecule has 1 aromatic carbocycles. The minimum absolute atomic E-state index is 0.0367. The smallest absolute Gasteiger partial charge is 0.335 e. The zero-order chi connectivity index (χ0) is 62.2. The maximum absolute atomic E-state index is 14.3. The Morgan fingerprint density at radius 3 is 1.81 bits per heavy atom. The van der Waals surface area contributed by atoms with Crippen LogP contribution in [0.15, 0.2) is 47.1 Å². The molecule has 1 fully saturated rings. The lowest BCUT2D eigenvalue weighted by atomic mass is 10.0. The lowest BCUT2D eigenvalue weighted by Gasteiger charge is -2.28. The Morgan fingerprint density at radius 2 is 1.28 bits per heavy atom. The number of carbonyl (C=O) groups is 11. The maximum atomic E-state index is 14.3. The number of aliphatic hydroxyl groups excluding tert-OH is 4. The second-order valence-corrected chi connectivity index (χ2v) is 19.5. The third-order valence-corrected chi connectivity index (χ3v) is 12.9. The number of ether oxygens (including phenoxy) is 1. The summed E-state index contributed by atoms with van der Waals surface area (Å²) in [5.41, 5.74) is 22.4. The number of nitrogens with one attached hydrogen (secondary N) is 9. The van der Waals surface area contributed by atoms with Gasteiger partial charge in [-0.1, -0.05) is 75.4 Å². The Balaban J connectivity index is 2.84. The quantitative estimate of drug-likeness (QED) is 0.0114. The highest BCUT2D eigenvalue weighted by Crippen LogP contribution is 2.12. The molecular weight excluding hydrogens is 1120 g/mol. The minimum Gasteiger partial charge on any atom is -0.479 e. The molecule has 1 aromatic rings. The van der Waals surface area contributed by atoms with E-state index < -0.39 is 163 Å². The molecule has 83 heavy (non-hydrogen) atoms. The van der Waals surface area contributed by atoms with Crippen molar-refractivity contribution in [1.29, 1.82) is 0 Å². The van der Waals surface area contributed by atoms with E-state index in [1.54, 1.807) is 30.3 Å². The number of halogens is 1. The van der Waals surface area contributed by atoms with Crippen LogP contribution in [-0.4, -0.2) is 202 Å².